The van der Waals surface area contributed by atoms with Crippen LogP contribution in [0.5, 0.6) is 0 Å². The first-order chi connectivity index (χ1) is 4.96. The maximum atomic E-state index is 11.8. The molecule has 12 heavy (non-hydrogen) atoms. The Morgan fingerprint density at radius 3 is 1.42 bits per heavy atom. The molecule has 0 aliphatic carbocycles. The molecule has 0 atom stereocenters. The van der Waals surface area contributed by atoms with Crippen LogP contribution in [0.1, 0.15) is 27.7 Å². The summed E-state index contributed by atoms with van der Waals surface area (Å²) in [6.07, 6.45) is -4.59. The number of hydrogen-bond acceptors (Lipinski definition) is 1. The Hall–Kier alpha value is 0.230. The molecule has 0 saturated heterocycles. The summed E-state index contributed by atoms with van der Waals surface area (Å²) in [7, 11) is 0. The lowest BCUT2D eigenvalue weighted by Gasteiger charge is -2.36. The molecular formula is C7H12BrF3O. The van der Waals surface area contributed by atoms with Gasteiger partial charge in [0.1, 0.15) is 0 Å². The van der Waals surface area contributed by atoms with E-state index in [1.54, 1.807) is 13.8 Å². The second-order valence-electron chi connectivity index (χ2n) is 3.53. The number of alkyl halides is 4. The van der Waals surface area contributed by atoms with E-state index in [-0.39, 0.29) is 0 Å². The molecule has 0 aromatic carbocycles. The van der Waals surface area contributed by atoms with E-state index in [2.05, 4.69) is 20.7 Å². The summed E-state index contributed by atoms with van der Waals surface area (Å²) in [5.74, 6) is 0. The lowest BCUT2D eigenvalue weighted by molar-refractivity contribution is -0.364. The van der Waals surface area contributed by atoms with Crippen LogP contribution < -0.4 is 0 Å². The zero-order valence-corrected chi connectivity index (χ0v) is 9.01. The monoisotopic (exact) mass is 248 g/mol. The Bertz CT molecular complexity index is 157. The summed E-state index contributed by atoms with van der Waals surface area (Å²) in [5, 5.41) is 0. The van der Waals surface area contributed by atoms with Gasteiger partial charge in [-0.3, -0.25) is 4.74 Å². The van der Waals surface area contributed by atoms with Crippen LogP contribution in [0, 0.1) is 0 Å². The van der Waals surface area contributed by atoms with E-state index in [1.807, 2.05) is 0 Å². The molecule has 0 aromatic heterocycles. The summed E-state index contributed by atoms with van der Waals surface area (Å²) < 4.78 is 38.7. The first kappa shape index (κ1) is 12.2. The van der Waals surface area contributed by atoms with Gasteiger partial charge in [0.05, 0.1) is 5.60 Å². The third kappa shape index (κ3) is 3.76. The van der Waals surface area contributed by atoms with E-state index in [1.165, 1.54) is 13.8 Å². The Kier molecular flexibility index (Phi) is 3.24. The van der Waals surface area contributed by atoms with Crippen LogP contribution in [0.4, 0.5) is 13.2 Å². The lowest BCUT2D eigenvalue weighted by Crippen LogP contribution is -2.46. The zero-order chi connectivity index (χ0) is 10.2. The molecule has 0 aliphatic heterocycles. The van der Waals surface area contributed by atoms with Crippen molar-refractivity contribution < 1.29 is 17.9 Å². The van der Waals surface area contributed by atoms with Crippen molar-refractivity contribution in [2.24, 2.45) is 0 Å². The van der Waals surface area contributed by atoms with Crippen molar-refractivity contribution in [3.63, 3.8) is 0 Å². The minimum atomic E-state index is -4.59. The van der Waals surface area contributed by atoms with Gasteiger partial charge in [0.25, 0.3) is 0 Å². The van der Waals surface area contributed by atoms with E-state index < -0.39 is 16.3 Å². The van der Waals surface area contributed by atoms with Gasteiger partial charge in [-0.15, -0.1) is 13.2 Å². The topological polar surface area (TPSA) is 9.23 Å². The third-order valence-corrected chi connectivity index (χ3v) is 2.76. The summed E-state index contributed by atoms with van der Waals surface area (Å²) in [5.41, 5.74) is -1.29. The minimum absolute atomic E-state index is 0.727. The predicted octanol–water partition coefficient (Wildman–Crippen LogP) is 3.47. The maximum Gasteiger partial charge on any atom is 0.523 e. The van der Waals surface area contributed by atoms with E-state index >= 15 is 0 Å². The molecule has 0 amide bonds. The summed E-state index contributed by atoms with van der Waals surface area (Å²) >= 11 is 3.13. The Labute approximate surface area is 78.4 Å². The van der Waals surface area contributed by atoms with Gasteiger partial charge in [-0.25, -0.2) is 0 Å². The first-order valence-electron chi connectivity index (χ1n) is 3.41. The van der Waals surface area contributed by atoms with Crippen molar-refractivity contribution in [2.75, 3.05) is 0 Å². The first-order valence-corrected chi connectivity index (χ1v) is 4.21. The van der Waals surface area contributed by atoms with Gasteiger partial charge < -0.3 is 0 Å². The summed E-state index contributed by atoms with van der Waals surface area (Å²) in [6.45, 7) is 6.02. The molecule has 0 radical (unpaired) electrons. The van der Waals surface area contributed by atoms with Crippen molar-refractivity contribution in [1.82, 2.24) is 0 Å². The average Bonchev–Trinajstić information content (AvgIpc) is 1.52. The SMILES string of the molecule is CC(C)(Br)C(C)(C)OC(F)(F)F. The van der Waals surface area contributed by atoms with Crippen LogP contribution in [0.25, 0.3) is 0 Å². The second-order valence-corrected chi connectivity index (χ2v) is 5.51. The normalized spacial score (nSPS) is 15.0. The van der Waals surface area contributed by atoms with E-state index in [4.69, 9.17) is 0 Å². The molecule has 5 heteroatoms. The van der Waals surface area contributed by atoms with Gasteiger partial charge >= 0.3 is 6.36 Å². The zero-order valence-electron chi connectivity index (χ0n) is 7.42. The molecule has 0 aromatic rings. The van der Waals surface area contributed by atoms with Crippen LogP contribution in [0.15, 0.2) is 0 Å². The molecule has 1 nitrogen and oxygen atoms in total. The van der Waals surface area contributed by atoms with Crippen molar-refractivity contribution in [2.45, 2.75) is 44.0 Å². The molecule has 0 unspecified atom stereocenters. The van der Waals surface area contributed by atoms with Crippen LogP contribution in [0.2, 0.25) is 0 Å². The van der Waals surface area contributed by atoms with Crippen molar-refractivity contribution in [3.8, 4) is 0 Å². The van der Waals surface area contributed by atoms with E-state index in [0.29, 0.717) is 0 Å². The highest BCUT2D eigenvalue weighted by Crippen LogP contribution is 2.37. The highest BCUT2D eigenvalue weighted by atomic mass is 79.9. The molecule has 0 aliphatic rings. The Morgan fingerprint density at radius 1 is 1.00 bits per heavy atom. The van der Waals surface area contributed by atoms with Gasteiger partial charge in [0, 0.05) is 4.32 Å². The number of hydrogen-bond donors (Lipinski definition) is 0. The fraction of sp³-hybridized carbons (Fsp3) is 1.00. The van der Waals surface area contributed by atoms with E-state index in [0.717, 1.165) is 0 Å². The van der Waals surface area contributed by atoms with Gasteiger partial charge in [-0.1, -0.05) is 15.9 Å². The van der Waals surface area contributed by atoms with Crippen LogP contribution in [-0.4, -0.2) is 16.3 Å². The van der Waals surface area contributed by atoms with Gasteiger partial charge in [0.2, 0.25) is 0 Å². The smallest absolute Gasteiger partial charge is 0.284 e. The van der Waals surface area contributed by atoms with E-state index in [9.17, 15) is 13.2 Å². The molecule has 0 spiro atoms. The number of rotatable bonds is 2. The highest BCUT2D eigenvalue weighted by molar-refractivity contribution is 9.10. The van der Waals surface area contributed by atoms with Gasteiger partial charge in [-0.2, -0.15) is 0 Å². The second kappa shape index (κ2) is 3.18. The molecule has 0 heterocycles. The van der Waals surface area contributed by atoms with Crippen molar-refractivity contribution >= 4 is 15.9 Å². The molecule has 0 bridgehead atoms. The largest absolute Gasteiger partial charge is 0.523 e. The number of ether oxygens (including phenoxy) is 1. The van der Waals surface area contributed by atoms with Crippen molar-refractivity contribution in [1.29, 1.82) is 0 Å². The average molecular weight is 249 g/mol. The fourth-order valence-electron chi connectivity index (χ4n) is 0.411. The van der Waals surface area contributed by atoms with Gasteiger partial charge in [0.15, 0.2) is 0 Å². The lowest BCUT2D eigenvalue weighted by atomic mass is 9.94. The minimum Gasteiger partial charge on any atom is -0.284 e. The van der Waals surface area contributed by atoms with Crippen LogP contribution in [0.3, 0.4) is 0 Å². The summed E-state index contributed by atoms with van der Waals surface area (Å²) in [4.78, 5) is 0. The maximum absolute atomic E-state index is 11.8. The molecule has 0 fully saturated rings. The molecule has 0 saturated carbocycles. The van der Waals surface area contributed by atoms with Crippen LogP contribution >= 0.6 is 15.9 Å². The predicted molar refractivity (Wildman–Crippen MR) is 44.2 cm³/mol. The van der Waals surface area contributed by atoms with Crippen molar-refractivity contribution in [3.05, 3.63) is 0 Å². The quantitative estimate of drug-likeness (QED) is 0.681. The molecule has 0 rings (SSSR count). The third-order valence-electron chi connectivity index (χ3n) is 1.80. The Morgan fingerprint density at radius 2 is 1.33 bits per heavy atom. The highest BCUT2D eigenvalue weighted by Gasteiger charge is 2.45. The van der Waals surface area contributed by atoms with Gasteiger partial charge in [-0.05, 0) is 27.7 Å². The summed E-state index contributed by atoms with van der Waals surface area (Å²) in [6, 6.07) is 0. The molecular weight excluding hydrogens is 237 g/mol. The molecule has 0 N–H and O–H groups in total. The standard InChI is InChI=1S/C7H12BrF3O/c1-5(2,8)6(3,4)12-7(9,10)11/h1-4H3. The fourth-order valence-corrected chi connectivity index (χ4v) is 0.492. The van der Waals surface area contributed by atoms with Crippen LogP contribution in [-0.2, 0) is 4.74 Å². The Balaban J connectivity index is 4.44. The number of halogens is 4. The molecule has 74 valence electrons.